The van der Waals surface area contributed by atoms with Gasteiger partial charge in [-0.15, -0.1) is 35.0 Å². The Morgan fingerprint density at radius 3 is 2.50 bits per heavy atom. The zero-order valence-electron chi connectivity index (χ0n) is 10.6. The molecule has 20 heavy (non-hydrogen) atoms. The zero-order chi connectivity index (χ0) is 15.0. The van der Waals surface area contributed by atoms with Gasteiger partial charge < -0.3 is 15.2 Å². The van der Waals surface area contributed by atoms with E-state index >= 15 is 0 Å². The van der Waals surface area contributed by atoms with Crippen LogP contribution in [-0.4, -0.2) is 28.2 Å². The molecule has 0 heterocycles. The molecule has 0 spiro atoms. The standard InChI is InChI=1S/C13H15Cl2NO3S/c14-5-6-20-11(15)8-12(17)16-10-3-1-9(2-4-10)7-13(18)19/h1-4,11H,5-8H2,(H,16,17)(H,18,19)/p-1/t11-/m0/s1. The van der Waals surface area contributed by atoms with Gasteiger partial charge in [0.2, 0.25) is 5.91 Å². The summed E-state index contributed by atoms with van der Waals surface area (Å²) in [5, 5.41) is 13.1. The lowest BCUT2D eigenvalue weighted by Gasteiger charge is -2.10. The molecule has 1 aromatic carbocycles. The Balaban J connectivity index is 2.43. The average molecular weight is 335 g/mol. The van der Waals surface area contributed by atoms with Crippen molar-refractivity contribution in [2.75, 3.05) is 16.9 Å². The van der Waals surface area contributed by atoms with Gasteiger partial charge in [0.15, 0.2) is 0 Å². The second-order valence-corrected chi connectivity index (χ2v) is 6.44. The van der Waals surface area contributed by atoms with Gasteiger partial charge in [-0.2, -0.15) is 0 Å². The molecule has 1 atom stereocenters. The normalized spacial score (nSPS) is 11.9. The van der Waals surface area contributed by atoms with Crippen molar-refractivity contribution < 1.29 is 14.7 Å². The van der Waals surface area contributed by atoms with Gasteiger partial charge in [-0.25, -0.2) is 0 Å². The average Bonchev–Trinajstić information content (AvgIpc) is 2.38. The third kappa shape index (κ3) is 7.03. The molecular weight excluding hydrogens is 321 g/mol. The van der Waals surface area contributed by atoms with Crippen LogP contribution in [0, 0.1) is 0 Å². The molecule has 0 radical (unpaired) electrons. The molecule has 4 nitrogen and oxygen atoms in total. The number of alkyl halides is 2. The number of carbonyl (C=O) groups excluding carboxylic acids is 2. The van der Waals surface area contributed by atoms with Crippen molar-refractivity contribution in [1.82, 2.24) is 0 Å². The van der Waals surface area contributed by atoms with E-state index in [0.29, 0.717) is 22.9 Å². The van der Waals surface area contributed by atoms with Crippen LogP contribution in [0.2, 0.25) is 0 Å². The van der Waals surface area contributed by atoms with Crippen LogP contribution in [-0.2, 0) is 16.0 Å². The Kier molecular flexibility index (Phi) is 7.80. The van der Waals surface area contributed by atoms with E-state index in [1.165, 1.54) is 11.8 Å². The van der Waals surface area contributed by atoms with Crippen LogP contribution in [0.5, 0.6) is 0 Å². The van der Waals surface area contributed by atoms with Gasteiger partial charge in [0, 0.05) is 29.7 Å². The first-order chi connectivity index (χ1) is 9.51. The van der Waals surface area contributed by atoms with Crippen molar-refractivity contribution in [3.05, 3.63) is 29.8 Å². The van der Waals surface area contributed by atoms with E-state index in [1.54, 1.807) is 24.3 Å². The second kappa shape index (κ2) is 9.10. The molecule has 0 fully saturated rings. The molecule has 0 aliphatic carbocycles. The number of halogens is 2. The number of carboxylic acid groups (broad SMARTS) is 1. The Morgan fingerprint density at radius 1 is 1.30 bits per heavy atom. The quantitative estimate of drug-likeness (QED) is 0.736. The summed E-state index contributed by atoms with van der Waals surface area (Å²) in [5.74, 6) is -0.140. The first-order valence-corrected chi connectivity index (χ1v) is 7.93. The van der Waals surface area contributed by atoms with E-state index < -0.39 is 5.97 Å². The number of hydrogen-bond donors (Lipinski definition) is 1. The van der Waals surface area contributed by atoms with Crippen molar-refractivity contribution in [2.45, 2.75) is 17.6 Å². The highest BCUT2D eigenvalue weighted by Crippen LogP contribution is 2.20. The predicted molar refractivity (Wildman–Crippen MR) is 81.2 cm³/mol. The summed E-state index contributed by atoms with van der Waals surface area (Å²) in [4.78, 5) is 22.1. The molecular formula is C13H14Cl2NO3S-. The van der Waals surface area contributed by atoms with E-state index in [4.69, 9.17) is 23.2 Å². The largest absolute Gasteiger partial charge is 0.550 e. The number of hydrogen-bond acceptors (Lipinski definition) is 4. The van der Waals surface area contributed by atoms with Crippen molar-refractivity contribution in [2.24, 2.45) is 0 Å². The molecule has 0 saturated heterocycles. The van der Waals surface area contributed by atoms with Gasteiger partial charge in [0.05, 0.1) is 11.1 Å². The van der Waals surface area contributed by atoms with Gasteiger partial charge >= 0.3 is 0 Å². The third-order valence-corrected chi connectivity index (χ3v) is 4.22. The van der Waals surface area contributed by atoms with Crippen LogP contribution < -0.4 is 10.4 Å². The molecule has 0 aliphatic heterocycles. The molecule has 1 rings (SSSR count). The monoisotopic (exact) mass is 334 g/mol. The van der Waals surface area contributed by atoms with Gasteiger partial charge in [-0.3, -0.25) is 4.79 Å². The smallest absolute Gasteiger partial charge is 0.226 e. The molecule has 0 bridgehead atoms. The van der Waals surface area contributed by atoms with Crippen molar-refractivity contribution in [1.29, 1.82) is 0 Å². The fourth-order valence-electron chi connectivity index (χ4n) is 1.46. The second-order valence-electron chi connectivity index (χ2n) is 3.97. The number of rotatable bonds is 8. The highest BCUT2D eigenvalue weighted by Gasteiger charge is 2.11. The topological polar surface area (TPSA) is 69.2 Å². The summed E-state index contributed by atoms with van der Waals surface area (Å²) >= 11 is 12.9. The van der Waals surface area contributed by atoms with E-state index in [9.17, 15) is 14.7 Å². The van der Waals surface area contributed by atoms with Crippen molar-refractivity contribution in [3.8, 4) is 0 Å². The molecule has 0 aliphatic rings. The lowest BCUT2D eigenvalue weighted by atomic mass is 10.1. The van der Waals surface area contributed by atoms with Crippen molar-refractivity contribution >= 4 is 52.5 Å². The van der Waals surface area contributed by atoms with Crippen molar-refractivity contribution in [3.63, 3.8) is 0 Å². The lowest BCUT2D eigenvalue weighted by molar-refractivity contribution is -0.304. The molecule has 1 aromatic rings. The third-order valence-electron chi connectivity index (χ3n) is 2.31. The van der Waals surface area contributed by atoms with E-state index in [-0.39, 0.29) is 23.5 Å². The summed E-state index contributed by atoms with van der Waals surface area (Å²) in [6.07, 6.45) is 0.0386. The Morgan fingerprint density at radius 2 is 1.95 bits per heavy atom. The molecule has 110 valence electrons. The maximum absolute atomic E-state index is 11.7. The zero-order valence-corrected chi connectivity index (χ0v) is 12.9. The number of amides is 1. The molecule has 1 N–H and O–H groups in total. The van der Waals surface area contributed by atoms with Crippen LogP contribution >= 0.6 is 35.0 Å². The number of thioether (sulfide) groups is 1. The Hall–Kier alpha value is -0.910. The van der Waals surface area contributed by atoms with Crippen LogP contribution in [0.3, 0.4) is 0 Å². The Labute approximate surface area is 131 Å². The number of anilines is 1. The SMILES string of the molecule is O=C([O-])Cc1ccc(NC(=O)C[C@@H](Cl)SCCCl)cc1. The molecule has 0 saturated carbocycles. The molecule has 7 heteroatoms. The maximum Gasteiger partial charge on any atom is 0.226 e. The Bertz CT molecular complexity index is 453. The molecule has 0 unspecified atom stereocenters. The summed E-state index contributed by atoms with van der Waals surface area (Å²) in [5.41, 5.74) is 1.22. The van der Waals surface area contributed by atoms with Crippen LogP contribution in [0.1, 0.15) is 12.0 Å². The fraction of sp³-hybridized carbons (Fsp3) is 0.385. The summed E-state index contributed by atoms with van der Waals surface area (Å²) < 4.78 is -0.314. The van der Waals surface area contributed by atoms with Crippen LogP contribution in [0.15, 0.2) is 24.3 Å². The minimum Gasteiger partial charge on any atom is -0.550 e. The lowest BCUT2D eigenvalue weighted by Crippen LogP contribution is -2.24. The fourth-order valence-corrected chi connectivity index (χ4v) is 2.75. The maximum atomic E-state index is 11.7. The number of nitrogens with one attached hydrogen (secondary N) is 1. The van der Waals surface area contributed by atoms with Gasteiger partial charge in [0.1, 0.15) is 0 Å². The molecule has 0 aromatic heterocycles. The highest BCUT2D eigenvalue weighted by atomic mass is 35.5. The van der Waals surface area contributed by atoms with E-state index in [1.807, 2.05) is 0 Å². The molecule has 1 amide bonds. The van der Waals surface area contributed by atoms with Gasteiger partial charge in [-0.1, -0.05) is 12.1 Å². The minimum atomic E-state index is -1.14. The summed E-state index contributed by atoms with van der Waals surface area (Å²) in [6, 6.07) is 6.55. The minimum absolute atomic E-state index is 0.146. The van der Waals surface area contributed by atoms with Gasteiger partial charge in [0.25, 0.3) is 0 Å². The number of carbonyl (C=O) groups is 2. The van der Waals surface area contributed by atoms with E-state index in [2.05, 4.69) is 5.32 Å². The summed E-state index contributed by atoms with van der Waals surface area (Å²) in [6.45, 7) is 0. The predicted octanol–water partition coefficient (Wildman–Crippen LogP) is 1.84. The number of aliphatic carboxylic acids is 1. The highest BCUT2D eigenvalue weighted by molar-refractivity contribution is 8.01. The van der Waals surface area contributed by atoms with Gasteiger partial charge in [-0.05, 0) is 17.7 Å². The summed E-state index contributed by atoms with van der Waals surface area (Å²) in [7, 11) is 0. The van der Waals surface area contributed by atoms with E-state index in [0.717, 1.165) is 0 Å². The first-order valence-electron chi connectivity index (χ1n) is 5.91. The first kappa shape index (κ1) is 17.1. The van der Waals surface area contributed by atoms with Crippen LogP contribution in [0.4, 0.5) is 5.69 Å². The number of carboxylic acids is 1. The number of benzene rings is 1. The van der Waals surface area contributed by atoms with Crippen LogP contribution in [0.25, 0.3) is 0 Å².